The van der Waals surface area contributed by atoms with E-state index in [1.54, 1.807) is 14.0 Å². The van der Waals surface area contributed by atoms with Gasteiger partial charge in [-0.15, -0.1) is 10.2 Å². The predicted molar refractivity (Wildman–Crippen MR) is 118 cm³/mol. The molecule has 1 aliphatic rings. The topological polar surface area (TPSA) is 84.1 Å². The maximum Gasteiger partial charge on any atom is 0.230 e. The highest BCUT2D eigenvalue weighted by atomic mass is 16.5. The summed E-state index contributed by atoms with van der Waals surface area (Å²) >= 11 is 0. The minimum atomic E-state index is -0.521. The van der Waals surface area contributed by atoms with Crippen molar-refractivity contribution in [3.8, 4) is 11.5 Å². The average molecular weight is 433 g/mol. The third-order valence-corrected chi connectivity index (χ3v) is 5.50. The molecule has 172 valence electrons. The first kappa shape index (κ1) is 23.5. The van der Waals surface area contributed by atoms with E-state index >= 15 is 0 Å². The van der Waals surface area contributed by atoms with Crippen molar-refractivity contribution in [3.05, 3.63) is 35.5 Å². The summed E-state index contributed by atoms with van der Waals surface area (Å²) < 4.78 is 16.9. The van der Waals surface area contributed by atoms with Crippen LogP contribution < -0.4 is 9.47 Å². The Morgan fingerprint density at radius 2 is 1.84 bits per heavy atom. The second-order valence-corrected chi connectivity index (χ2v) is 8.41. The van der Waals surface area contributed by atoms with Gasteiger partial charge in [-0.3, -0.25) is 4.90 Å². The highest BCUT2D eigenvalue weighted by Gasteiger charge is 2.15. The molecule has 1 N–H and O–H groups in total. The van der Waals surface area contributed by atoms with E-state index in [0.717, 1.165) is 18.7 Å². The van der Waals surface area contributed by atoms with E-state index in [1.807, 2.05) is 25.2 Å². The van der Waals surface area contributed by atoms with Gasteiger partial charge in [-0.05, 0) is 50.7 Å². The standard InChI is InChI=1S/C23H36N4O4/c1-18-24-25-23(31-18)16-26(2)14-19-9-10-21(22(13-19)29-3)30-17-20(28)15-27-11-7-5-4-6-8-12-27/h9-10,13,20,28H,4-8,11-12,14-17H2,1-3H3. The van der Waals surface area contributed by atoms with Gasteiger partial charge in [0.05, 0.1) is 13.7 Å². The molecule has 0 radical (unpaired) electrons. The number of benzene rings is 1. The number of likely N-dealkylation sites (tertiary alicyclic amines) is 1. The zero-order valence-electron chi connectivity index (χ0n) is 19.0. The predicted octanol–water partition coefficient (Wildman–Crippen LogP) is 3.02. The number of nitrogens with zero attached hydrogens (tertiary/aromatic N) is 4. The normalized spacial score (nSPS) is 16.7. The van der Waals surface area contributed by atoms with Crippen LogP contribution in [0.3, 0.4) is 0 Å². The first-order valence-corrected chi connectivity index (χ1v) is 11.2. The van der Waals surface area contributed by atoms with Crippen molar-refractivity contribution in [1.29, 1.82) is 0 Å². The molecule has 0 amide bonds. The van der Waals surface area contributed by atoms with E-state index in [0.29, 0.717) is 42.9 Å². The number of hydrogen-bond acceptors (Lipinski definition) is 8. The van der Waals surface area contributed by atoms with Crippen molar-refractivity contribution < 1.29 is 19.0 Å². The summed E-state index contributed by atoms with van der Waals surface area (Å²) in [5.41, 5.74) is 1.09. The van der Waals surface area contributed by atoms with Crippen molar-refractivity contribution in [1.82, 2.24) is 20.0 Å². The van der Waals surface area contributed by atoms with Gasteiger partial charge in [0.15, 0.2) is 11.5 Å². The van der Waals surface area contributed by atoms with Crippen LogP contribution in [0.15, 0.2) is 22.6 Å². The molecular formula is C23H36N4O4. The number of hydrogen-bond donors (Lipinski definition) is 1. The zero-order valence-corrected chi connectivity index (χ0v) is 19.0. The fourth-order valence-corrected chi connectivity index (χ4v) is 3.96. The van der Waals surface area contributed by atoms with E-state index in [1.165, 1.54) is 32.1 Å². The van der Waals surface area contributed by atoms with Crippen LogP contribution in [0.5, 0.6) is 11.5 Å². The molecule has 8 nitrogen and oxygen atoms in total. The number of ether oxygens (including phenoxy) is 2. The second kappa shape index (κ2) is 12.0. The molecule has 8 heteroatoms. The zero-order chi connectivity index (χ0) is 22.1. The van der Waals surface area contributed by atoms with Gasteiger partial charge in [0.1, 0.15) is 12.7 Å². The third kappa shape index (κ3) is 7.79. The SMILES string of the molecule is COc1cc(CN(C)Cc2nnc(C)o2)ccc1OCC(O)CN1CCCCCCC1. The van der Waals surface area contributed by atoms with Gasteiger partial charge < -0.3 is 23.9 Å². The molecule has 3 rings (SSSR count). The number of aromatic nitrogens is 2. The van der Waals surface area contributed by atoms with Gasteiger partial charge in [-0.2, -0.15) is 0 Å². The summed E-state index contributed by atoms with van der Waals surface area (Å²) in [5, 5.41) is 18.4. The van der Waals surface area contributed by atoms with Crippen LogP contribution in [-0.4, -0.2) is 71.6 Å². The van der Waals surface area contributed by atoms with Gasteiger partial charge >= 0.3 is 0 Å². The molecule has 0 spiro atoms. The summed E-state index contributed by atoms with van der Waals surface area (Å²) in [6.45, 7) is 6.09. The van der Waals surface area contributed by atoms with Crippen molar-refractivity contribution in [2.75, 3.05) is 40.4 Å². The van der Waals surface area contributed by atoms with Gasteiger partial charge in [0, 0.05) is 20.0 Å². The van der Waals surface area contributed by atoms with Gasteiger partial charge in [0.2, 0.25) is 11.8 Å². The minimum absolute atomic E-state index is 0.253. The van der Waals surface area contributed by atoms with E-state index < -0.39 is 6.10 Å². The lowest BCUT2D eigenvalue weighted by Crippen LogP contribution is -2.37. The Labute approximate surface area is 185 Å². The van der Waals surface area contributed by atoms with E-state index in [-0.39, 0.29) is 6.61 Å². The van der Waals surface area contributed by atoms with Crippen molar-refractivity contribution in [2.24, 2.45) is 0 Å². The maximum absolute atomic E-state index is 10.5. The lowest BCUT2D eigenvalue weighted by atomic mass is 10.1. The lowest BCUT2D eigenvalue weighted by Gasteiger charge is -2.26. The molecule has 0 bridgehead atoms. The number of aliphatic hydroxyl groups is 1. The Morgan fingerprint density at radius 3 is 2.52 bits per heavy atom. The molecule has 1 aliphatic heterocycles. The summed E-state index contributed by atoms with van der Waals surface area (Å²) in [5.74, 6) is 2.48. The molecule has 2 heterocycles. The minimum Gasteiger partial charge on any atom is -0.493 e. The number of β-amino-alcohol motifs (C(OH)–C–C–N with tert-alkyl or cyclic N) is 1. The lowest BCUT2D eigenvalue weighted by molar-refractivity contribution is 0.0645. The molecule has 2 aromatic rings. The van der Waals surface area contributed by atoms with Crippen LogP contribution >= 0.6 is 0 Å². The first-order valence-electron chi connectivity index (χ1n) is 11.2. The highest BCUT2D eigenvalue weighted by Crippen LogP contribution is 2.29. The highest BCUT2D eigenvalue weighted by molar-refractivity contribution is 5.43. The molecule has 31 heavy (non-hydrogen) atoms. The Kier molecular flexibility index (Phi) is 9.12. The molecule has 1 aromatic heterocycles. The van der Waals surface area contributed by atoms with Gasteiger partial charge in [0.25, 0.3) is 0 Å². The molecule has 1 fully saturated rings. The summed E-state index contributed by atoms with van der Waals surface area (Å²) in [7, 11) is 3.63. The number of methoxy groups -OCH3 is 1. The quantitative estimate of drug-likeness (QED) is 0.613. The van der Waals surface area contributed by atoms with Gasteiger partial charge in [-0.25, -0.2) is 0 Å². The van der Waals surface area contributed by atoms with Crippen molar-refractivity contribution in [3.63, 3.8) is 0 Å². The number of rotatable bonds is 10. The Hall–Kier alpha value is -2.16. The van der Waals surface area contributed by atoms with Crippen LogP contribution in [0.25, 0.3) is 0 Å². The molecule has 0 aliphatic carbocycles. The molecular weight excluding hydrogens is 396 g/mol. The van der Waals surface area contributed by atoms with Crippen LogP contribution in [0.1, 0.15) is 49.4 Å². The third-order valence-electron chi connectivity index (χ3n) is 5.50. The van der Waals surface area contributed by atoms with Crippen LogP contribution in [-0.2, 0) is 13.1 Å². The molecule has 1 atom stereocenters. The van der Waals surface area contributed by atoms with Crippen molar-refractivity contribution in [2.45, 2.75) is 58.2 Å². The van der Waals surface area contributed by atoms with Crippen LogP contribution in [0.4, 0.5) is 0 Å². The largest absolute Gasteiger partial charge is 0.493 e. The summed E-state index contributed by atoms with van der Waals surface area (Å²) in [6.07, 6.45) is 5.81. The molecule has 1 unspecified atom stereocenters. The number of aliphatic hydroxyl groups excluding tert-OH is 1. The van der Waals surface area contributed by atoms with E-state index in [9.17, 15) is 5.11 Å². The fraction of sp³-hybridized carbons (Fsp3) is 0.652. The molecule has 1 aromatic carbocycles. The number of aryl methyl sites for hydroxylation is 1. The summed E-state index contributed by atoms with van der Waals surface area (Å²) in [6, 6.07) is 5.88. The smallest absolute Gasteiger partial charge is 0.230 e. The Balaban J connectivity index is 1.49. The first-order chi connectivity index (χ1) is 15.0. The van der Waals surface area contributed by atoms with Crippen molar-refractivity contribution >= 4 is 0 Å². The van der Waals surface area contributed by atoms with Crippen LogP contribution in [0, 0.1) is 6.92 Å². The Bertz CT molecular complexity index is 790. The van der Waals surface area contributed by atoms with Gasteiger partial charge in [-0.1, -0.05) is 25.3 Å². The average Bonchev–Trinajstić information content (AvgIpc) is 3.13. The monoisotopic (exact) mass is 432 g/mol. The maximum atomic E-state index is 10.5. The molecule has 0 saturated carbocycles. The van der Waals surface area contributed by atoms with E-state index in [2.05, 4.69) is 20.0 Å². The van der Waals surface area contributed by atoms with E-state index in [4.69, 9.17) is 13.9 Å². The summed E-state index contributed by atoms with van der Waals surface area (Å²) in [4.78, 5) is 4.45. The van der Waals surface area contributed by atoms with Crippen LogP contribution in [0.2, 0.25) is 0 Å². The Morgan fingerprint density at radius 1 is 1.10 bits per heavy atom. The molecule has 1 saturated heterocycles. The fourth-order valence-electron chi connectivity index (χ4n) is 3.96. The second-order valence-electron chi connectivity index (χ2n) is 8.41.